The number of carbonyl (C=O) groups excluding carboxylic acids is 2. The average Bonchev–Trinajstić information content (AvgIpc) is 2.79. The van der Waals surface area contributed by atoms with Crippen LogP contribution in [-0.2, 0) is 19.6 Å². The summed E-state index contributed by atoms with van der Waals surface area (Å²) in [5.41, 5.74) is -1.39. The van der Waals surface area contributed by atoms with Crippen LogP contribution in [0.4, 0.5) is 25.8 Å². The van der Waals surface area contributed by atoms with Crippen molar-refractivity contribution in [2.24, 2.45) is 0 Å². The number of benzene rings is 3. The Hall–Kier alpha value is -4.39. The number of nitro groups is 1. The molecule has 1 amide bonds. The molecule has 3 aromatic carbocycles. The van der Waals surface area contributed by atoms with Crippen molar-refractivity contribution in [2.45, 2.75) is 4.90 Å². The minimum absolute atomic E-state index is 0.161. The lowest BCUT2D eigenvalue weighted by molar-refractivity contribution is -0.384. The molecule has 34 heavy (non-hydrogen) atoms. The van der Waals surface area contributed by atoms with Gasteiger partial charge in [0.1, 0.15) is 17.3 Å². The van der Waals surface area contributed by atoms with Crippen LogP contribution in [-0.4, -0.2) is 31.8 Å². The van der Waals surface area contributed by atoms with Crippen molar-refractivity contribution in [3.05, 3.63) is 94.0 Å². The number of carbonyl (C=O) groups is 2. The van der Waals surface area contributed by atoms with Crippen LogP contribution in [0.5, 0.6) is 0 Å². The van der Waals surface area contributed by atoms with E-state index in [0.717, 1.165) is 36.4 Å². The molecular weight excluding hydrogens is 476 g/mol. The first kappa shape index (κ1) is 24.3. The van der Waals surface area contributed by atoms with Crippen LogP contribution in [0.15, 0.2) is 71.6 Å². The van der Waals surface area contributed by atoms with E-state index in [4.69, 9.17) is 4.74 Å². The number of para-hydroxylation sites is 1. The number of nitrogens with zero attached hydrogens (tertiary/aromatic N) is 1. The second-order valence-electron chi connectivity index (χ2n) is 6.65. The second-order valence-corrected chi connectivity index (χ2v) is 8.33. The Kier molecular flexibility index (Phi) is 7.16. The van der Waals surface area contributed by atoms with Gasteiger partial charge in [-0.15, -0.1) is 0 Å². The number of halogens is 2. The van der Waals surface area contributed by atoms with Crippen LogP contribution in [0.2, 0.25) is 0 Å². The fourth-order valence-electron chi connectivity index (χ4n) is 2.72. The third kappa shape index (κ3) is 5.89. The van der Waals surface area contributed by atoms with E-state index in [1.165, 1.54) is 24.3 Å². The Bertz CT molecular complexity index is 1360. The molecule has 0 radical (unpaired) electrons. The molecule has 176 valence electrons. The van der Waals surface area contributed by atoms with Gasteiger partial charge in [-0.05, 0) is 48.5 Å². The van der Waals surface area contributed by atoms with Crippen molar-refractivity contribution in [2.75, 3.05) is 16.6 Å². The summed E-state index contributed by atoms with van der Waals surface area (Å²) in [5.74, 6) is -3.53. The first-order valence-electron chi connectivity index (χ1n) is 9.35. The minimum Gasteiger partial charge on any atom is -0.452 e. The Morgan fingerprint density at radius 3 is 2.26 bits per heavy atom. The highest BCUT2D eigenvalue weighted by molar-refractivity contribution is 7.92. The topological polar surface area (TPSA) is 145 Å². The maximum Gasteiger partial charge on any atom is 0.340 e. The number of amides is 1. The first-order valence-corrected chi connectivity index (χ1v) is 10.8. The van der Waals surface area contributed by atoms with E-state index in [9.17, 15) is 36.9 Å². The Morgan fingerprint density at radius 1 is 0.941 bits per heavy atom. The predicted molar refractivity (Wildman–Crippen MR) is 116 cm³/mol. The zero-order valence-corrected chi connectivity index (χ0v) is 17.8. The molecule has 0 heterocycles. The smallest absolute Gasteiger partial charge is 0.340 e. The molecule has 3 rings (SSSR count). The van der Waals surface area contributed by atoms with Gasteiger partial charge >= 0.3 is 5.97 Å². The van der Waals surface area contributed by atoms with Crippen LogP contribution < -0.4 is 10.0 Å². The minimum atomic E-state index is -4.17. The Labute approximate surface area is 191 Å². The number of rotatable bonds is 8. The average molecular weight is 491 g/mol. The van der Waals surface area contributed by atoms with E-state index in [0.29, 0.717) is 6.07 Å². The summed E-state index contributed by atoms with van der Waals surface area (Å²) in [5, 5.41) is 13.1. The lowest BCUT2D eigenvalue weighted by Crippen LogP contribution is -2.22. The van der Waals surface area contributed by atoms with E-state index >= 15 is 0 Å². The number of nitrogens with one attached hydrogen (secondary N) is 2. The van der Waals surface area contributed by atoms with Gasteiger partial charge < -0.3 is 10.1 Å². The predicted octanol–water partition coefficient (Wildman–Crippen LogP) is 3.47. The quantitative estimate of drug-likeness (QED) is 0.279. The molecule has 10 nitrogen and oxygen atoms in total. The summed E-state index contributed by atoms with van der Waals surface area (Å²) >= 11 is 0. The second kappa shape index (κ2) is 10.0. The van der Waals surface area contributed by atoms with Crippen LogP contribution in [0.3, 0.4) is 0 Å². The fourth-order valence-corrected chi connectivity index (χ4v) is 3.80. The highest BCUT2D eigenvalue weighted by atomic mass is 32.2. The van der Waals surface area contributed by atoms with Gasteiger partial charge in [0.05, 0.1) is 27.1 Å². The van der Waals surface area contributed by atoms with Crippen LogP contribution >= 0.6 is 0 Å². The lowest BCUT2D eigenvalue weighted by Gasteiger charge is -2.12. The molecule has 0 unspecified atom stereocenters. The molecule has 0 aliphatic carbocycles. The maximum atomic E-state index is 13.2. The van der Waals surface area contributed by atoms with Gasteiger partial charge in [-0.3, -0.25) is 19.6 Å². The van der Waals surface area contributed by atoms with Crippen molar-refractivity contribution in [1.29, 1.82) is 0 Å². The normalized spacial score (nSPS) is 10.9. The molecule has 0 aliphatic heterocycles. The van der Waals surface area contributed by atoms with Crippen molar-refractivity contribution in [1.82, 2.24) is 0 Å². The molecule has 13 heteroatoms. The number of esters is 1. The fraction of sp³-hybridized carbons (Fsp3) is 0.0476. The maximum absolute atomic E-state index is 13.2. The summed E-state index contributed by atoms with van der Waals surface area (Å²) in [4.78, 5) is 34.4. The van der Waals surface area contributed by atoms with E-state index < -0.39 is 50.8 Å². The van der Waals surface area contributed by atoms with Crippen LogP contribution in [0.1, 0.15) is 10.4 Å². The molecule has 2 N–H and O–H groups in total. The molecule has 0 aliphatic rings. The number of sulfonamides is 1. The van der Waals surface area contributed by atoms with Gasteiger partial charge in [0.2, 0.25) is 0 Å². The molecule has 0 atom stereocenters. The molecule has 0 bridgehead atoms. The van der Waals surface area contributed by atoms with Gasteiger partial charge in [-0.1, -0.05) is 12.1 Å². The van der Waals surface area contributed by atoms with E-state index in [1.807, 2.05) is 0 Å². The number of nitro benzene ring substituents is 1. The molecule has 0 spiro atoms. The summed E-state index contributed by atoms with van der Waals surface area (Å²) in [6.45, 7) is -0.869. The molecule has 0 aromatic heterocycles. The van der Waals surface area contributed by atoms with Gasteiger partial charge in [0.25, 0.3) is 21.6 Å². The molecule has 0 fully saturated rings. The van der Waals surface area contributed by atoms with Crippen molar-refractivity contribution < 1.29 is 36.4 Å². The molecule has 0 saturated carbocycles. The number of hydrogen-bond donors (Lipinski definition) is 2. The highest BCUT2D eigenvalue weighted by Gasteiger charge is 2.21. The van der Waals surface area contributed by atoms with Gasteiger partial charge in [-0.25, -0.2) is 22.0 Å². The number of anilines is 2. The summed E-state index contributed by atoms with van der Waals surface area (Å²) in [6, 6.07) is 11.9. The largest absolute Gasteiger partial charge is 0.452 e. The van der Waals surface area contributed by atoms with E-state index in [1.54, 1.807) is 0 Å². The van der Waals surface area contributed by atoms with Crippen molar-refractivity contribution in [3.8, 4) is 0 Å². The zero-order chi connectivity index (χ0) is 24.9. The zero-order valence-electron chi connectivity index (χ0n) is 17.0. The Morgan fingerprint density at radius 2 is 1.59 bits per heavy atom. The first-order chi connectivity index (χ1) is 16.1. The monoisotopic (exact) mass is 491 g/mol. The van der Waals surface area contributed by atoms with Gasteiger partial charge in [0.15, 0.2) is 6.61 Å². The van der Waals surface area contributed by atoms with E-state index in [2.05, 4.69) is 10.0 Å². The van der Waals surface area contributed by atoms with Gasteiger partial charge in [-0.2, -0.15) is 0 Å². The lowest BCUT2D eigenvalue weighted by atomic mass is 10.2. The van der Waals surface area contributed by atoms with Crippen LogP contribution in [0, 0.1) is 21.7 Å². The number of hydrogen-bond acceptors (Lipinski definition) is 7. The SMILES string of the molecule is O=C(COC(=O)c1ccccc1NS(=O)(=O)c1ccc(F)cc1)Nc1ccc(F)cc1[N+](=O)[O-]. The van der Waals surface area contributed by atoms with Gasteiger partial charge in [0, 0.05) is 0 Å². The third-order valence-corrected chi connectivity index (χ3v) is 5.66. The van der Waals surface area contributed by atoms with Crippen LogP contribution in [0.25, 0.3) is 0 Å². The van der Waals surface area contributed by atoms with Crippen molar-refractivity contribution >= 4 is 39.0 Å². The summed E-state index contributed by atoms with van der Waals surface area (Å²) < 4.78 is 58.4. The summed E-state index contributed by atoms with van der Waals surface area (Å²) in [6.07, 6.45) is 0. The molecule has 0 saturated heterocycles. The van der Waals surface area contributed by atoms with Crippen molar-refractivity contribution in [3.63, 3.8) is 0 Å². The standard InChI is InChI=1S/C21H15F2N3O7S/c22-13-5-8-15(9-6-13)34(31,32)25-17-4-2-1-3-16(17)21(28)33-12-20(27)24-18-10-7-14(23)11-19(18)26(29)30/h1-11,25H,12H2,(H,24,27). The molecule has 3 aromatic rings. The number of ether oxygens (including phenoxy) is 1. The highest BCUT2D eigenvalue weighted by Crippen LogP contribution is 2.25. The third-order valence-electron chi connectivity index (χ3n) is 4.28. The Balaban J connectivity index is 1.70. The summed E-state index contributed by atoms with van der Waals surface area (Å²) in [7, 11) is -4.17. The molecular formula is C21H15F2N3O7S. The van der Waals surface area contributed by atoms with E-state index in [-0.39, 0.29) is 21.8 Å².